The number of nitrogens with one attached hydrogen (secondary N) is 1. The summed E-state index contributed by atoms with van der Waals surface area (Å²) in [6, 6.07) is 8.03. The largest absolute Gasteiger partial charge is 0.495 e. The lowest BCUT2D eigenvalue weighted by atomic mass is 10.1. The van der Waals surface area contributed by atoms with Crippen LogP contribution in [0.1, 0.15) is 15.9 Å². The molecule has 0 aliphatic heterocycles. The van der Waals surface area contributed by atoms with Gasteiger partial charge in [-0.25, -0.2) is 8.78 Å². The van der Waals surface area contributed by atoms with Crippen LogP contribution in [-0.4, -0.2) is 13.0 Å². The first-order valence-corrected chi connectivity index (χ1v) is 5.92. The summed E-state index contributed by atoms with van der Waals surface area (Å²) in [6.45, 7) is 1.85. The Bertz CT molecular complexity index is 656. The number of hydrogen-bond donors (Lipinski definition) is 1. The molecule has 0 heterocycles. The van der Waals surface area contributed by atoms with Crippen molar-refractivity contribution >= 4 is 11.6 Å². The molecule has 0 aromatic heterocycles. The van der Waals surface area contributed by atoms with E-state index in [-0.39, 0.29) is 5.56 Å². The first kappa shape index (κ1) is 14.0. The molecule has 2 aromatic rings. The summed E-state index contributed by atoms with van der Waals surface area (Å²) >= 11 is 0. The van der Waals surface area contributed by atoms with Gasteiger partial charge in [0.25, 0.3) is 5.91 Å². The quantitative estimate of drug-likeness (QED) is 0.932. The van der Waals surface area contributed by atoms with Crippen molar-refractivity contribution in [3.8, 4) is 5.75 Å². The third kappa shape index (κ3) is 2.93. The second kappa shape index (κ2) is 5.69. The van der Waals surface area contributed by atoms with Crippen LogP contribution in [0.3, 0.4) is 0 Å². The molecule has 0 aliphatic carbocycles. The molecule has 2 rings (SSSR count). The number of hydrogen-bond acceptors (Lipinski definition) is 2. The Labute approximate surface area is 115 Å². The highest BCUT2D eigenvalue weighted by Crippen LogP contribution is 2.26. The van der Waals surface area contributed by atoms with E-state index in [9.17, 15) is 13.6 Å². The van der Waals surface area contributed by atoms with Gasteiger partial charge in [-0.3, -0.25) is 4.79 Å². The summed E-state index contributed by atoms with van der Waals surface area (Å²) in [5, 5.41) is 2.55. The Morgan fingerprint density at radius 1 is 1.15 bits per heavy atom. The minimum absolute atomic E-state index is 0.227. The third-order valence-corrected chi connectivity index (χ3v) is 2.78. The molecule has 5 heteroatoms. The standard InChI is InChI=1S/C15H13F2NO2/c1-9-3-6-14(20-2)13(7-9)18-15(19)11-5-4-10(16)8-12(11)17/h3-8H,1-2H3,(H,18,19). The molecule has 0 bridgehead atoms. The van der Waals surface area contributed by atoms with Gasteiger partial charge in [0.1, 0.15) is 17.4 Å². The van der Waals surface area contributed by atoms with Crippen molar-refractivity contribution in [1.82, 2.24) is 0 Å². The molecule has 0 radical (unpaired) electrons. The third-order valence-electron chi connectivity index (χ3n) is 2.78. The average Bonchev–Trinajstić information content (AvgIpc) is 2.38. The zero-order valence-corrected chi connectivity index (χ0v) is 11.0. The smallest absolute Gasteiger partial charge is 0.258 e. The van der Waals surface area contributed by atoms with Gasteiger partial charge in [-0.1, -0.05) is 6.07 Å². The Balaban J connectivity index is 2.30. The molecule has 1 amide bonds. The van der Waals surface area contributed by atoms with Crippen molar-refractivity contribution in [3.63, 3.8) is 0 Å². The highest BCUT2D eigenvalue weighted by molar-refractivity contribution is 6.05. The fraction of sp³-hybridized carbons (Fsp3) is 0.133. The van der Waals surface area contributed by atoms with E-state index in [4.69, 9.17) is 4.74 Å². The van der Waals surface area contributed by atoms with E-state index in [1.807, 2.05) is 13.0 Å². The van der Waals surface area contributed by atoms with Crippen molar-refractivity contribution in [1.29, 1.82) is 0 Å². The summed E-state index contributed by atoms with van der Waals surface area (Å²) in [7, 11) is 1.47. The second-order valence-corrected chi connectivity index (χ2v) is 4.28. The lowest BCUT2D eigenvalue weighted by molar-refractivity contribution is 0.102. The van der Waals surface area contributed by atoms with E-state index < -0.39 is 17.5 Å². The van der Waals surface area contributed by atoms with Crippen LogP contribution in [0.2, 0.25) is 0 Å². The molecule has 0 unspecified atom stereocenters. The Kier molecular flexibility index (Phi) is 3.98. The molecule has 3 nitrogen and oxygen atoms in total. The summed E-state index contributed by atoms with van der Waals surface area (Å²) in [5.74, 6) is -1.83. The Morgan fingerprint density at radius 2 is 1.90 bits per heavy atom. The normalized spacial score (nSPS) is 10.2. The molecule has 20 heavy (non-hydrogen) atoms. The maximum Gasteiger partial charge on any atom is 0.258 e. The van der Waals surface area contributed by atoms with Crippen molar-refractivity contribution in [2.24, 2.45) is 0 Å². The van der Waals surface area contributed by atoms with E-state index in [0.29, 0.717) is 17.5 Å². The molecular formula is C15H13F2NO2. The predicted molar refractivity (Wildman–Crippen MR) is 72.0 cm³/mol. The minimum Gasteiger partial charge on any atom is -0.495 e. The van der Waals surface area contributed by atoms with Gasteiger partial charge in [0.15, 0.2) is 0 Å². The number of carbonyl (C=O) groups excluding carboxylic acids is 1. The molecule has 0 atom stereocenters. The van der Waals surface area contributed by atoms with E-state index in [1.165, 1.54) is 7.11 Å². The topological polar surface area (TPSA) is 38.3 Å². The molecule has 104 valence electrons. The van der Waals surface area contributed by atoms with Crippen LogP contribution in [0.15, 0.2) is 36.4 Å². The van der Waals surface area contributed by atoms with Crippen LogP contribution in [-0.2, 0) is 0 Å². The molecule has 1 N–H and O–H groups in total. The lowest BCUT2D eigenvalue weighted by Gasteiger charge is -2.11. The molecule has 2 aromatic carbocycles. The van der Waals surface area contributed by atoms with Crippen molar-refractivity contribution < 1.29 is 18.3 Å². The lowest BCUT2D eigenvalue weighted by Crippen LogP contribution is -2.14. The number of anilines is 1. The van der Waals surface area contributed by atoms with Crippen LogP contribution < -0.4 is 10.1 Å². The zero-order valence-electron chi connectivity index (χ0n) is 11.0. The average molecular weight is 277 g/mol. The van der Waals surface area contributed by atoms with Gasteiger partial charge in [-0.05, 0) is 36.8 Å². The number of methoxy groups -OCH3 is 1. The summed E-state index contributed by atoms with van der Waals surface area (Å²) in [6.07, 6.45) is 0. The van der Waals surface area contributed by atoms with E-state index >= 15 is 0 Å². The van der Waals surface area contributed by atoms with Gasteiger partial charge in [0.2, 0.25) is 0 Å². The number of carbonyl (C=O) groups is 1. The Morgan fingerprint density at radius 3 is 2.55 bits per heavy atom. The fourth-order valence-electron chi connectivity index (χ4n) is 1.78. The SMILES string of the molecule is COc1ccc(C)cc1NC(=O)c1ccc(F)cc1F. The van der Waals surface area contributed by atoms with Crippen molar-refractivity contribution in [2.75, 3.05) is 12.4 Å². The van der Waals surface area contributed by atoms with Gasteiger partial charge in [0.05, 0.1) is 18.4 Å². The molecule has 0 saturated carbocycles. The van der Waals surface area contributed by atoms with Gasteiger partial charge in [0, 0.05) is 6.07 Å². The van der Waals surface area contributed by atoms with Crippen LogP contribution in [0.5, 0.6) is 5.75 Å². The van der Waals surface area contributed by atoms with Crippen molar-refractivity contribution in [3.05, 3.63) is 59.2 Å². The van der Waals surface area contributed by atoms with E-state index in [0.717, 1.165) is 17.7 Å². The van der Waals surface area contributed by atoms with Crippen molar-refractivity contribution in [2.45, 2.75) is 6.92 Å². The highest BCUT2D eigenvalue weighted by Gasteiger charge is 2.14. The number of ether oxygens (including phenoxy) is 1. The maximum atomic E-state index is 13.5. The second-order valence-electron chi connectivity index (χ2n) is 4.28. The van der Waals surface area contributed by atoms with Crippen LogP contribution in [0.4, 0.5) is 14.5 Å². The number of halogens is 2. The Hall–Kier alpha value is -2.43. The molecule has 0 saturated heterocycles. The summed E-state index contributed by atoms with van der Waals surface area (Å²) < 4.78 is 31.5. The minimum atomic E-state index is -0.908. The summed E-state index contributed by atoms with van der Waals surface area (Å²) in [4.78, 5) is 12.0. The number of benzene rings is 2. The number of amides is 1. The number of aryl methyl sites for hydroxylation is 1. The predicted octanol–water partition coefficient (Wildman–Crippen LogP) is 3.53. The molecule has 0 fully saturated rings. The molecular weight excluding hydrogens is 264 g/mol. The molecule has 0 spiro atoms. The first-order chi connectivity index (χ1) is 9.51. The van der Waals surface area contributed by atoms with Crippen LogP contribution >= 0.6 is 0 Å². The van der Waals surface area contributed by atoms with Gasteiger partial charge in [-0.2, -0.15) is 0 Å². The summed E-state index contributed by atoms with van der Waals surface area (Å²) in [5.41, 5.74) is 1.12. The van der Waals surface area contributed by atoms with E-state index in [1.54, 1.807) is 12.1 Å². The van der Waals surface area contributed by atoms with Gasteiger partial charge in [-0.15, -0.1) is 0 Å². The molecule has 0 aliphatic rings. The zero-order chi connectivity index (χ0) is 14.7. The van der Waals surface area contributed by atoms with E-state index in [2.05, 4.69) is 5.32 Å². The maximum absolute atomic E-state index is 13.5. The fourth-order valence-corrected chi connectivity index (χ4v) is 1.78. The van der Waals surface area contributed by atoms with Crippen LogP contribution in [0.25, 0.3) is 0 Å². The van der Waals surface area contributed by atoms with Gasteiger partial charge < -0.3 is 10.1 Å². The first-order valence-electron chi connectivity index (χ1n) is 5.92. The van der Waals surface area contributed by atoms with Gasteiger partial charge >= 0.3 is 0 Å². The number of rotatable bonds is 3. The monoisotopic (exact) mass is 277 g/mol. The van der Waals surface area contributed by atoms with Crippen LogP contribution in [0, 0.1) is 18.6 Å². The highest BCUT2D eigenvalue weighted by atomic mass is 19.1.